The van der Waals surface area contributed by atoms with E-state index in [1.54, 1.807) is 55.4 Å². The molecule has 0 aromatic carbocycles. The number of carbonyl (C=O) groups excluding carboxylic acids is 4. The molecule has 0 saturated carbocycles. The Labute approximate surface area is 281 Å². The Balaban J connectivity index is 2.55. The topological polar surface area (TPSA) is 158 Å². The van der Waals surface area contributed by atoms with E-state index in [9.17, 15) is 19.2 Å². The molecule has 1 aromatic heterocycles. The maximum atomic E-state index is 12.4. The second kappa shape index (κ2) is 26.6. The minimum absolute atomic E-state index is 0.00846. The molecule has 2 unspecified atom stereocenters. The lowest BCUT2D eigenvalue weighted by atomic mass is 10.2. The summed E-state index contributed by atoms with van der Waals surface area (Å²) in [6.45, 7) is 10.4. The highest BCUT2D eigenvalue weighted by Gasteiger charge is 2.17. The minimum atomic E-state index is -0.455. The zero-order valence-electron chi connectivity index (χ0n) is 27.9. The molecule has 0 aliphatic heterocycles. The summed E-state index contributed by atoms with van der Waals surface area (Å²) in [6, 6.07) is 0. The van der Waals surface area contributed by atoms with Gasteiger partial charge in [0.2, 0.25) is 0 Å². The fraction of sp³-hybridized carbons (Fsp3) is 0.800. The fourth-order valence-corrected chi connectivity index (χ4v) is 5.12. The molecule has 16 heteroatoms. The molecular weight excluding hydrogens is 640 g/mol. The van der Waals surface area contributed by atoms with Crippen LogP contribution in [0.5, 0.6) is 0 Å². The normalized spacial score (nSPS) is 12.5. The van der Waals surface area contributed by atoms with E-state index in [0.717, 1.165) is 11.5 Å². The van der Waals surface area contributed by atoms with Gasteiger partial charge in [-0.05, 0) is 11.5 Å². The van der Waals surface area contributed by atoms with E-state index >= 15 is 0 Å². The molecule has 0 aliphatic rings. The van der Waals surface area contributed by atoms with Crippen LogP contribution in [0, 0.1) is 11.8 Å². The molecule has 0 aliphatic carbocycles. The van der Waals surface area contributed by atoms with Crippen LogP contribution in [0.25, 0.3) is 0 Å². The third kappa shape index (κ3) is 20.7. The molecule has 1 aromatic rings. The zero-order chi connectivity index (χ0) is 34.0. The van der Waals surface area contributed by atoms with Crippen molar-refractivity contribution in [3.63, 3.8) is 0 Å². The van der Waals surface area contributed by atoms with Crippen molar-refractivity contribution < 1.29 is 47.6 Å². The number of carbonyl (C=O) groups is 4. The molecule has 1 rings (SSSR count). The largest absolute Gasteiger partial charge is 0.462 e. The van der Waals surface area contributed by atoms with Gasteiger partial charge in [0, 0.05) is 44.4 Å². The summed E-state index contributed by atoms with van der Waals surface area (Å²) < 4.78 is 33.0. The van der Waals surface area contributed by atoms with Crippen LogP contribution in [0.4, 0.5) is 0 Å². The lowest BCUT2D eigenvalue weighted by Crippen LogP contribution is -2.30. The van der Waals surface area contributed by atoms with Gasteiger partial charge >= 0.3 is 23.9 Å². The van der Waals surface area contributed by atoms with Crippen LogP contribution < -0.4 is 0 Å². The van der Waals surface area contributed by atoms with Crippen LogP contribution in [0.3, 0.4) is 0 Å². The monoisotopic (exact) mass is 692 g/mol. The van der Waals surface area contributed by atoms with E-state index in [1.165, 1.54) is 0 Å². The van der Waals surface area contributed by atoms with Crippen molar-refractivity contribution in [1.29, 1.82) is 0 Å². The SMILES string of the molecule is CCSCC(C)C(=O)OCCOC(=O)CCN(CCC(=O)OCCOC(=O)C(C)CSCC)Cc1cn(CCOCCOC)nn1. The molecule has 0 saturated heterocycles. The van der Waals surface area contributed by atoms with Gasteiger partial charge in [-0.3, -0.25) is 24.1 Å². The first-order valence-electron chi connectivity index (χ1n) is 15.7. The summed E-state index contributed by atoms with van der Waals surface area (Å²) in [5, 5.41) is 8.33. The Hall–Kier alpha value is -2.40. The summed E-state index contributed by atoms with van der Waals surface area (Å²) >= 11 is 3.32. The summed E-state index contributed by atoms with van der Waals surface area (Å²) in [7, 11) is 1.61. The van der Waals surface area contributed by atoms with E-state index < -0.39 is 11.9 Å². The lowest BCUT2D eigenvalue weighted by Gasteiger charge is -2.20. The number of hydrogen-bond donors (Lipinski definition) is 0. The zero-order valence-corrected chi connectivity index (χ0v) is 29.6. The highest BCUT2D eigenvalue weighted by molar-refractivity contribution is 7.99. The molecule has 1 heterocycles. The molecule has 2 atom stereocenters. The van der Waals surface area contributed by atoms with Crippen molar-refractivity contribution in [3.05, 3.63) is 11.9 Å². The minimum Gasteiger partial charge on any atom is -0.462 e. The quantitative estimate of drug-likeness (QED) is 0.0716. The highest BCUT2D eigenvalue weighted by atomic mass is 32.2. The van der Waals surface area contributed by atoms with Crippen LogP contribution >= 0.6 is 23.5 Å². The molecule has 0 radical (unpaired) electrons. The maximum Gasteiger partial charge on any atom is 0.309 e. The van der Waals surface area contributed by atoms with Gasteiger partial charge in [0.05, 0.1) is 56.7 Å². The molecule has 264 valence electrons. The number of rotatable bonds is 28. The van der Waals surface area contributed by atoms with E-state index in [2.05, 4.69) is 10.3 Å². The molecule has 14 nitrogen and oxygen atoms in total. The second-order valence-corrected chi connectivity index (χ2v) is 12.9. The Kier molecular flexibility index (Phi) is 24.1. The van der Waals surface area contributed by atoms with Crippen LogP contribution in [-0.2, 0) is 60.7 Å². The van der Waals surface area contributed by atoms with Gasteiger partial charge in [-0.15, -0.1) is 5.10 Å². The number of aromatic nitrogens is 3. The smallest absolute Gasteiger partial charge is 0.309 e. The van der Waals surface area contributed by atoms with Gasteiger partial charge in [0.15, 0.2) is 0 Å². The van der Waals surface area contributed by atoms with Gasteiger partial charge in [-0.2, -0.15) is 23.5 Å². The molecule has 46 heavy (non-hydrogen) atoms. The first kappa shape index (κ1) is 41.6. The predicted molar refractivity (Wildman–Crippen MR) is 175 cm³/mol. The van der Waals surface area contributed by atoms with Crippen molar-refractivity contribution >= 4 is 47.4 Å². The third-order valence-corrected chi connectivity index (χ3v) is 8.55. The Morgan fingerprint density at radius 1 is 0.783 bits per heavy atom. The average Bonchev–Trinajstić information content (AvgIpc) is 3.50. The van der Waals surface area contributed by atoms with Crippen molar-refractivity contribution in [2.24, 2.45) is 11.8 Å². The Morgan fingerprint density at radius 3 is 1.80 bits per heavy atom. The fourth-order valence-electron chi connectivity index (χ4n) is 3.67. The molecule has 0 spiro atoms. The number of methoxy groups -OCH3 is 1. The molecular formula is C30H52N4O10S2. The Bertz CT molecular complexity index is 951. The predicted octanol–water partition coefficient (Wildman–Crippen LogP) is 2.47. The summed E-state index contributed by atoms with van der Waals surface area (Å²) in [6.07, 6.45) is 1.89. The molecule has 0 bridgehead atoms. The number of nitrogens with zero attached hydrogens (tertiary/aromatic N) is 4. The molecule has 0 fully saturated rings. The standard InChI is InChI=1S/C30H52N4O10S2/c1-6-45-22-24(3)29(37)43-18-16-41-27(35)8-10-33(20-26-21-34(32-31-26)12-13-40-15-14-39-5)11-9-28(36)42-17-19-44-30(38)25(4)23-46-7-2/h21,24-25H,6-20,22-23H2,1-5H3. The molecule has 0 amide bonds. The number of hydrogen-bond acceptors (Lipinski definition) is 15. The van der Waals surface area contributed by atoms with Gasteiger partial charge in [-0.25, -0.2) is 4.68 Å². The van der Waals surface area contributed by atoms with E-state index in [0.29, 0.717) is 50.1 Å². The van der Waals surface area contributed by atoms with Gasteiger partial charge < -0.3 is 28.4 Å². The van der Waals surface area contributed by atoms with Crippen LogP contribution in [0.1, 0.15) is 46.2 Å². The summed E-state index contributed by atoms with van der Waals surface area (Å²) in [4.78, 5) is 50.7. The van der Waals surface area contributed by atoms with Crippen molar-refractivity contribution in [2.75, 3.05) is 89.5 Å². The van der Waals surface area contributed by atoms with Gasteiger partial charge in [0.1, 0.15) is 26.4 Å². The van der Waals surface area contributed by atoms with E-state index in [1.807, 2.05) is 18.7 Å². The van der Waals surface area contributed by atoms with Crippen molar-refractivity contribution in [1.82, 2.24) is 19.9 Å². The van der Waals surface area contributed by atoms with Crippen molar-refractivity contribution in [2.45, 2.75) is 53.6 Å². The van der Waals surface area contributed by atoms with Crippen LogP contribution in [0.15, 0.2) is 6.20 Å². The van der Waals surface area contributed by atoms with Gasteiger partial charge in [-0.1, -0.05) is 32.9 Å². The van der Waals surface area contributed by atoms with Crippen LogP contribution in [-0.4, -0.2) is 133 Å². The highest BCUT2D eigenvalue weighted by Crippen LogP contribution is 2.10. The first-order chi connectivity index (χ1) is 22.2. The summed E-state index contributed by atoms with van der Waals surface area (Å²) in [5.41, 5.74) is 0.656. The van der Waals surface area contributed by atoms with Crippen molar-refractivity contribution in [3.8, 4) is 0 Å². The lowest BCUT2D eigenvalue weighted by molar-refractivity contribution is -0.154. The Morgan fingerprint density at radius 2 is 1.30 bits per heavy atom. The van der Waals surface area contributed by atoms with E-state index in [4.69, 9.17) is 28.4 Å². The number of thioether (sulfide) groups is 2. The van der Waals surface area contributed by atoms with E-state index in [-0.39, 0.29) is 76.1 Å². The second-order valence-electron chi connectivity index (χ2n) is 10.3. The summed E-state index contributed by atoms with van der Waals surface area (Å²) in [5.74, 6) is 1.21. The van der Waals surface area contributed by atoms with Gasteiger partial charge in [0.25, 0.3) is 0 Å². The maximum absolute atomic E-state index is 12.4. The average molecular weight is 693 g/mol. The molecule has 0 N–H and O–H groups in total. The van der Waals surface area contributed by atoms with Crippen LogP contribution in [0.2, 0.25) is 0 Å². The first-order valence-corrected chi connectivity index (χ1v) is 18.0. The number of ether oxygens (including phenoxy) is 6. The number of esters is 4. The third-order valence-electron chi connectivity index (χ3n) is 6.26.